The van der Waals surface area contributed by atoms with Gasteiger partial charge in [0.15, 0.2) is 5.84 Å². The second-order valence-corrected chi connectivity index (χ2v) is 8.42. The predicted molar refractivity (Wildman–Crippen MR) is 121 cm³/mol. The third-order valence-electron chi connectivity index (χ3n) is 6.50. The summed E-state index contributed by atoms with van der Waals surface area (Å²) < 4.78 is 35.5. The van der Waals surface area contributed by atoms with Gasteiger partial charge in [-0.3, -0.25) is 4.79 Å². The van der Waals surface area contributed by atoms with Crippen molar-refractivity contribution in [1.29, 1.82) is 0 Å². The van der Waals surface area contributed by atoms with Gasteiger partial charge in [0.2, 0.25) is 0 Å². The minimum absolute atomic E-state index is 0. The predicted octanol–water partition coefficient (Wildman–Crippen LogP) is 3.80. The van der Waals surface area contributed by atoms with Crippen LogP contribution in [0.15, 0.2) is 35.4 Å². The molecular formula is C23H25ClF2N4O2. The normalized spacial score (nSPS) is 24.4. The summed E-state index contributed by atoms with van der Waals surface area (Å²) in [5.41, 5.74) is 4.54. The maximum absolute atomic E-state index is 14.8. The summed E-state index contributed by atoms with van der Waals surface area (Å²) in [5, 5.41) is 7.52. The van der Waals surface area contributed by atoms with Gasteiger partial charge in [0.1, 0.15) is 30.0 Å². The van der Waals surface area contributed by atoms with Crippen LogP contribution >= 0.6 is 12.4 Å². The van der Waals surface area contributed by atoms with Crippen LogP contribution in [0.2, 0.25) is 0 Å². The van der Waals surface area contributed by atoms with Crippen molar-refractivity contribution in [1.82, 2.24) is 10.7 Å². The highest BCUT2D eigenvalue weighted by molar-refractivity contribution is 6.09. The van der Waals surface area contributed by atoms with Gasteiger partial charge in [-0.05, 0) is 73.7 Å². The molecule has 0 spiro atoms. The van der Waals surface area contributed by atoms with Crippen molar-refractivity contribution in [2.75, 3.05) is 24.6 Å². The number of nitrogens with zero attached hydrogens (tertiary/aromatic N) is 2. The van der Waals surface area contributed by atoms with Gasteiger partial charge in [-0.1, -0.05) is 13.0 Å². The van der Waals surface area contributed by atoms with Crippen LogP contribution in [-0.2, 0) is 4.79 Å². The first-order valence-electron chi connectivity index (χ1n) is 10.6. The molecule has 32 heavy (non-hydrogen) atoms. The lowest BCUT2D eigenvalue weighted by molar-refractivity contribution is -0.122. The van der Waals surface area contributed by atoms with Crippen molar-refractivity contribution in [2.45, 2.75) is 32.2 Å². The van der Waals surface area contributed by atoms with E-state index in [4.69, 9.17) is 4.74 Å². The van der Waals surface area contributed by atoms with Crippen molar-refractivity contribution in [3.05, 3.63) is 47.5 Å². The fourth-order valence-corrected chi connectivity index (χ4v) is 4.84. The molecule has 9 heteroatoms. The van der Waals surface area contributed by atoms with E-state index in [9.17, 15) is 13.6 Å². The molecule has 0 aromatic heterocycles. The third kappa shape index (κ3) is 3.61. The van der Waals surface area contributed by atoms with E-state index in [1.807, 2.05) is 11.0 Å². The number of hydrogen-bond donors (Lipinski definition) is 2. The topological polar surface area (TPSA) is 66.0 Å². The first kappa shape index (κ1) is 22.5. The Labute approximate surface area is 191 Å². The smallest absolute Gasteiger partial charge is 0.262 e. The lowest BCUT2D eigenvalue weighted by atomic mass is 9.78. The van der Waals surface area contributed by atoms with Gasteiger partial charge >= 0.3 is 0 Å². The molecule has 3 aliphatic rings. The molecule has 2 N–H and O–H groups in total. The van der Waals surface area contributed by atoms with Gasteiger partial charge in [0, 0.05) is 0 Å². The molecule has 2 aromatic carbocycles. The highest BCUT2D eigenvalue weighted by Gasteiger charge is 2.37. The second-order valence-electron chi connectivity index (χ2n) is 8.42. The molecule has 0 bridgehead atoms. The number of anilines is 1. The Morgan fingerprint density at radius 1 is 1.19 bits per heavy atom. The fraction of sp³-hybridized carbons (Fsp3) is 0.391. The van der Waals surface area contributed by atoms with Gasteiger partial charge < -0.3 is 15.0 Å². The number of benzene rings is 2. The number of hydrazone groups is 1. The van der Waals surface area contributed by atoms with Crippen molar-refractivity contribution in [2.24, 2.45) is 11.0 Å². The Morgan fingerprint density at radius 3 is 2.66 bits per heavy atom. The first-order chi connectivity index (χ1) is 15.0. The van der Waals surface area contributed by atoms with E-state index >= 15 is 0 Å². The number of carbonyl (C=O) groups is 1. The van der Waals surface area contributed by atoms with Crippen molar-refractivity contribution >= 4 is 29.8 Å². The molecule has 1 fully saturated rings. The summed E-state index contributed by atoms with van der Waals surface area (Å²) in [6.45, 7) is 5.76. The largest absolute Gasteiger partial charge is 0.483 e. The molecule has 5 rings (SSSR count). The zero-order valence-corrected chi connectivity index (χ0v) is 18.6. The third-order valence-corrected chi connectivity index (χ3v) is 6.50. The first-order valence-corrected chi connectivity index (χ1v) is 10.6. The number of halogens is 3. The maximum Gasteiger partial charge on any atom is 0.262 e. The molecule has 1 unspecified atom stereocenters. The van der Waals surface area contributed by atoms with Crippen LogP contribution in [0.4, 0.5) is 14.5 Å². The molecule has 0 saturated carbocycles. The van der Waals surface area contributed by atoms with Crippen LogP contribution in [0.1, 0.15) is 31.7 Å². The molecule has 3 atom stereocenters. The number of rotatable bonds is 2. The van der Waals surface area contributed by atoms with E-state index in [0.29, 0.717) is 22.8 Å². The molecule has 6 nitrogen and oxygen atoms in total. The van der Waals surface area contributed by atoms with Crippen LogP contribution < -0.4 is 20.4 Å². The highest BCUT2D eigenvalue weighted by Crippen LogP contribution is 2.46. The zero-order chi connectivity index (χ0) is 21.7. The molecule has 3 aliphatic heterocycles. The highest BCUT2D eigenvalue weighted by atomic mass is 35.5. The number of hydrogen-bond acceptors (Lipinski definition) is 5. The number of amidine groups is 1. The Kier molecular flexibility index (Phi) is 6.09. The minimum atomic E-state index is -0.605. The van der Waals surface area contributed by atoms with E-state index in [2.05, 4.69) is 22.8 Å². The van der Waals surface area contributed by atoms with Crippen LogP contribution in [0, 0.1) is 17.6 Å². The molecule has 2 aromatic rings. The van der Waals surface area contributed by atoms with Gasteiger partial charge in [-0.2, -0.15) is 5.10 Å². The van der Waals surface area contributed by atoms with Crippen molar-refractivity contribution in [3.8, 4) is 16.9 Å². The van der Waals surface area contributed by atoms with E-state index < -0.39 is 17.7 Å². The van der Waals surface area contributed by atoms with Crippen LogP contribution in [-0.4, -0.2) is 37.5 Å². The minimum Gasteiger partial charge on any atom is -0.483 e. The van der Waals surface area contributed by atoms with Gasteiger partial charge in [-0.15, -0.1) is 12.4 Å². The van der Waals surface area contributed by atoms with E-state index in [1.165, 1.54) is 18.2 Å². The number of nitrogens with one attached hydrogen (secondary N) is 2. The summed E-state index contributed by atoms with van der Waals surface area (Å²) in [7, 11) is 0. The molecule has 1 saturated heterocycles. The number of fused-ring (bicyclic) bond motifs is 3. The molecule has 1 amide bonds. The molecule has 170 valence electrons. The standard InChI is InChI=1S/C23H24F2N4O2.ClH/c1-12-10-26-7-6-14(12)15-8-19-20(9-16(15)22-17(24)4-3-5-18(22)25)31-11-21-27-28-23(30)13(2)29(19)21;/h3-5,8-9,12-14,26H,6-7,10-11H2,1-2H3,(H,28,30);1H/t12-,13?,14+;/m0./s1. The summed E-state index contributed by atoms with van der Waals surface area (Å²) in [5.74, 6) is 0.0601. The van der Waals surface area contributed by atoms with Crippen LogP contribution in [0.3, 0.4) is 0 Å². The quantitative estimate of drug-likeness (QED) is 0.712. The second kappa shape index (κ2) is 8.67. The Bertz CT molecular complexity index is 1070. The Balaban J connectivity index is 0.00000245. The average molecular weight is 463 g/mol. The van der Waals surface area contributed by atoms with Gasteiger partial charge in [0.25, 0.3) is 5.91 Å². The summed E-state index contributed by atoms with van der Waals surface area (Å²) >= 11 is 0. The average Bonchev–Trinajstić information content (AvgIpc) is 2.76. The number of piperidine rings is 1. The van der Waals surface area contributed by atoms with Crippen molar-refractivity contribution in [3.63, 3.8) is 0 Å². The van der Waals surface area contributed by atoms with E-state index in [0.717, 1.165) is 25.1 Å². The molecule has 0 radical (unpaired) electrons. The van der Waals surface area contributed by atoms with Crippen LogP contribution in [0.5, 0.6) is 5.75 Å². The maximum atomic E-state index is 14.8. The van der Waals surface area contributed by atoms with E-state index in [1.54, 1.807) is 13.0 Å². The van der Waals surface area contributed by atoms with Crippen molar-refractivity contribution < 1.29 is 18.3 Å². The molecule has 3 heterocycles. The zero-order valence-electron chi connectivity index (χ0n) is 17.8. The number of ether oxygens (including phenoxy) is 1. The SMILES string of the molecule is CC1C(=O)NN=C2COc3cc(-c4c(F)cccc4F)c([C@@H]4CCNC[C@@H]4C)cc3N21.Cl. The lowest BCUT2D eigenvalue weighted by Crippen LogP contribution is -2.55. The summed E-state index contributed by atoms with van der Waals surface area (Å²) in [6, 6.07) is 7.10. The summed E-state index contributed by atoms with van der Waals surface area (Å²) in [4.78, 5) is 14.1. The van der Waals surface area contributed by atoms with E-state index in [-0.39, 0.29) is 42.3 Å². The molecule has 0 aliphatic carbocycles. The van der Waals surface area contributed by atoms with Crippen LogP contribution in [0.25, 0.3) is 11.1 Å². The summed E-state index contributed by atoms with van der Waals surface area (Å²) in [6.07, 6.45) is 0.848. The van der Waals surface area contributed by atoms with Gasteiger partial charge in [0.05, 0.1) is 11.3 Å². The number of carbonyl (C=O) groups excluding carboxylic acids is 1. The van der Waals surface area contributed by atoms with Gasteiger partial charge in [-0.25, -0.2) is 14.2 Å². The Hall–Kier alpha value is -2.71. The molecular weight excluding hydrogens is 438 g/mol. The Morgan fingerprint density at radius 2 is 1.94 bits per heavy atom. The fourth-order valence-electron chi connectivity index (χ4n) is 4.84. The monoisotopic (exact) mass is 462 g/mol. The number of amides is 1. The lowest BCUT2D eigenvalue weighted by Gasteiger charge is -2.39.